The van der Waals surface area contributed by atoms with E-state index in [1.807, 2.05) is 0 Å². The molecule has 128 valence electrons. The summed E-state index contributed by atoms with van der Waals surface area (Å²) in [7, 11) is -3.70. The van der Waals surface area contributed by atoms with E-state index < -0.39 is 15.9 Å². The van der Waals surface area contributed by atoms with Crippen LogP contribution in [0.1, 0.15) is 29.8 Å². The molecule has 24 heavy (non-hydrogen) atoms. The second kappa shape index (κ2) is 6.97. The van der Waals surface area contributed by atoms with Gasteiger partial charge in [0.1, 0.15) is 0 Å². The summed E-state index contributed by atoms with van der Waals surface area (Å²) in [5.74, 6) is -0.532. The van der Waals surface area contributed by atoms with Gasteiger partial charge in [0.05, 0.1) is 0 Å². The zero-order chi connectivity index (χ0) is 17.0. The van der Waals surface area contributed by atoms with Crippen molar-refractivity contribution < 1.29 is 17.6 Å². The zero-order valence-electron chi connectivity index (χ0n) is 12.8. The average molecular weight is 351 g/mol. The van der Waals surface area contributed by atoms with Crippen molar-refractivity contribution in [3.8, 4) is 0 Å². The molecule has 0 unspecified atom stereocenters. The topological polar surface area (TPSA) is 117 Å². The highest BCUT2D eigenvalue weighted by molar-refractivity contribution is 7.89. The van der Waals surface area contributed by atoms with Gasteiger partial charge in [-0.2, -0.15) is 4.31 Å². The highest BCUT2D eigenvalue weighted by Gasteiger charge is 2.29. The fourth-order valence-corrected chi connectivity index (χ4v) is 3.78. The minimum atomic E-state index is -3.70. The number of hydrogen-bond donors (Lipinski definition) is 2. The number of rotatable bonds is 5. The number of aromatic nitrogens is 2. The van der Waals surface area contributed by atoms with Crippen LogP contribution in [0, 0.1) is 0 Å². The molecule has 1 fully saturated rings. The maximum absolute atomic E-state index is 12.5. The summed E-state index contributed by atoms with van der Waals surface area (Å²) in [5, 5.41) is -0.231. The van der Waals surface area contributed by atoms with E-state index in [4.69, 9.17) is 4.42 Å². The molecule has 0 spiro atoms. The summed E-state index contributed by atoms with van der Waals surface area (Å²) in [5.41, 5.74) is 4.86. The van der Waals surface area contributed by atoms with Crippen molar-refractivity contribution in [3.63, 3.8) is 0 Å². The predicted molar refractivity (Wildman–Crippen MR) is 84.4 cm³/mol. The van der Waals surface area contributed by atoms with Crippen molar-refractivity contribution in [2.24, 2.45) is 0 Å². The summed E-state index contributed by atoms with van der Waals surface area (Å²) in [6.45, 7) is 0.939. The Morgan fingerprint density at radius 1 is 1.12 bits per heavy atom. The van der Waals surface area contributed by atoms with Crippen LogP contribution in [-0.2, 0) is 10.0 Å². The molecule has 1 aliphatic heterocycles. The van der Waals surface area contributed by atoms with E-state index in [-0.39, 0.29) is 16.8 Å². The maximum atomic E-state index is 12.5. The number of anilines is 1. The summed E-state index contributed by atoms with van der Waals surface area (Å²) < 4.78 is 31.5. The van der Waals surface area contributed by atoms with Crippen LogP contribution in [0.3, 0.4) is 0 Å². The number of hydrogen-bond acceptors (Lipinski definition) is 7. The van der Waals surface area contributed by atoms with Crippen molar-refractivity contribution >= 4 is 21.9 Å². The Kier molecular flexibility index (Phi) is 4.76. The molecular formula is C14H17N5O4S. The van der Waals surface area contributed by atoms with Crippen LogP contribution in [0.5, 0.6) is 0 Å². The van der Waals surface area contributed by atoms with Gasteiger partial charge in [-0.3, -0.25) is 15.6 Å². The molecule has 1 amide bonds. The number of nitrogens with one attached hydrogen (secondary N) is 2. The first-order chi connectivity index (χ1) is 11.6. The number of carbonyl (C=O) groups is 1. The van der Waals surface area contributed by atoms with E-state index in [1.54, 1.807) is 6.07 Å². The lowest BCUT2D eigenvalue weighted by atomic mass is 10.2. The maximum Gasteiger partial charge on any atom is 0.305 e. The molecule has 2 aromatic rings. The summed E-state index contributed by atoms with van der Waals surface area (Å²) in [4.78, 5) is 19.8. The minimum Gasteiger partial charge on any atom is -0.438 e. The van der Waals surface area contributed by atoms with Crippen LogP contribution in [-0.4, -0.2) is 41.7 Å². The number of furan rings is 1. The smallest absolute Gasteiger partial charge is 0.305 e. The van der Waals surface area contributed by atoms with Crippen molar-refractivity contribution in [1.29, 1.82) is 0 Å². The number of hydrazine groups is 1. The molecule has 3 heterocycles. The van der Waals surface area contributed by atoms with E-state index >= 15 is 0 Å². The third-order valence-electron chi connectivity index (χ3n) is 3.57. The number of carbonyl (C=O) groups excluding carboxylic acids is 1. The van der Waals surface area contributed by atoms with Crippen LogP contribution in [0.15, 0.2) is 40.1 Å². The summed E-state index contributed by atoms with van der Waals surface area (Å²) in [6.07, 6.45) is 5.70. The molecule has 2 N–H and O–H groups in total. The normalized spacial score (nSPS) is 15.8. The quantitative estimate of drug-likeness (QED) is 0.772. The second-order valence-electron chi connectivity index (χ2n) is 5.23. The first kappa shape index (κ1) is 16.4. The lowest BCUT2D eigenvalue weighted by Gasteiger charge is -2.24. The molecular weight excluding hydrogens is 334 g/mol. The lowest BCUT2D eigenvalue weighted by Crippen LogP contribution is -2.35. The van der Waals surface area contributed by atoms with Crippen LogP contribution in [0.4, 0.5) is 5.95 Å². The lowest BCUT2D eigenvalue weighted by molar-refractivity contribution is 0.0929. The standard InChI is InChI=1S/C14H17N5O4S/c20-13(17-18-14-15-7-4-8-16-14)11-5-6-12(23-11)24(21,22)19-9-2-1-3-10-19/h4-8H,1-3,9-10H2,(H,17,20)(H,15,16,18). The Bertz CT molecular complexity index is 800. The third kappa shape index (κ3) is 3.54. The number of nitrogens with zero attached hydrogens (tertiary/aromatic N) is 3. The molecule has 2 aromatic heterocycles. The Labute approximate surface area is 139 Å². The summed E-state index contributed by atoms with van der Waals surface area (Å²) >= 11 is 0. The molecule has 3 rings (SSSR count). The fourth-order valence-electron chi connectivity index (χ4n) is 2.35. The molecule has 0 saturated carbocycles. The van der Waals surface area contributed by atoms with Gasteiger partial charge in [-0.05, 0) is 31.0 Å². The third-order valence-corrected chi connectivity index (χ3v) is 5.34. The number of amides is 1. The molecule has 0 radical (unpaired) electrons. The fraction of sp³-hybridized carbons (Fsp3) is 0.357. The summed E-state index contributed by atoms with van der Waals surface area (Å²) in [6, 6.07) is 4.24. The zero-order valence-corrected chi connectivity index (χ0v) is 13.6. The molecule has 9 nitrogen and oxygen atoms in total. The van der Waals surface area contributed by atoms with Crippen molar-refractivity contribution in [2.75, 3.05) is 18.5 Å². The van der Waals surface area contributed by atoms with Gasteiger partial charge in [0.15, 0.2) is 5.76 Å². The Morgan fingerprint density at radius 2 is 1.83 bits per heavy atom. The van der Waals surface area contributed by atoms with Crippen molar-refractivity contribution in [1.82, 2.24) is 19.7 Å². The van der Waals surface area contributed by atoms with E-state index in [0.717, 1.165) is 19.3 Å². The first-order valence-corrected chi connectivity index (χ1v) is 8.95. The molecule has 1 saturated heterocycles. The van der Waals surface area contributed by atoms with Gasteiger partial charge in [-0.25, -0.2) is 18.4 Å². The minimum absolute atomic E-state index is 0.117. The Hall–Kier alpha value is -2.46. The molecule has 0 atom stereocenters. The highest BCUT2D eigenvalue weighted by atomic mass is 32.2. The number of piperidine rings is 1. The van der Waals surface area contributed by atoms with Crippen LogP contribution < -0.4 is 10.9 Å². The second-order valence-corrected chi connectivity index (χ2v) is 7.10. The van der Waals surface area contributed by atoms with Gasteiger partial charge < -0.3 is 4.42 Å². The molecule has 0 aromatic carbocycles. The number of sulfonamides is 1. The largest absolute Gasteiger partial charge is 0.438 e. The van der Waals surface area contributed by atoms with Crippen LogP contribution >= 0.6 is 0 Å². The van der Waals surface area contributed by atoms with Gasteiger partial charge in [0.2, 0.25) is 11.0 Å². The van der Waals surface area contributed by atoms with Gasteiger partial charge in [-0.1, -0.05) is 6.42 Å². The van der Waals surface area contributed by atoms with Gasteiger partial charge in [0, 0.05) is 25.5 Å². The van der Waals surface area contributed by atoms with Gasteiger partial charge >= 0.3 is 5.91 Å². The molecule has 0 bridgehead atoms. The predicted octanol–water partition coefficient (Wildman–Crippen LogP) is 1.00. The van der Waals surface area contributed by atoms with Gasteiger partial charge in [-0.15, -0.1) is 0 Å². The van der Waals surface area contributed by atoms with Crippen LogP contribution in [0.2, 0.25) is 0 Å². The molecule has 0 aliphatic carbocycles. The van der Waals surface area contributed by atoms with E-state index in [9.17, 15) is 13.2 Å². The van der Waals surface area contributed by atoms with E-state index in [1.165, 1.54) is 28.8 Å². The van der Waals surface area contributed by atoms with Crippen molar-refractivity contribution in [3.05, 3.63) is 36.4 Å². The molecule has 1 aliphatic rings. The SMILES string of the molecule is O=C(NNc1ncccn1)c1ccc(S(=O)(=O)N2CCCCC2)o1. The van der Waals surface area contributed by atoms with E-state index in [2.05, 4.69) is 20.8 Å². The molecule has 10 heteroatoms. The van der Waals surface area contributed by atoms with Crippen LogP contribution in [0.25, 0.3) is 0 Å². The van der Waals surface area contributed by atoms with E-state index in [0.29, 0.717) is 13.1 Å². The van der Waals surface area contributed by atoms with Gasteiger partial charge in [0.25, 0.3) is 10.0 Å². The Morgan fingerprint density at radius 3 is 2.54 bits per heavy atom. The van der Waals surface area contributed by atoms with Crippen molar-refractivity contribution in [2.45, 2.75) is 24.4 Å². The monoisotopic (exact) mass is 351 g/mol. The first-order valence-electron chi connectivity index (χ1n) is 7.51. The average Bonchev–Trinajstić information content (AvgIpc) is 3.12. The highest BCUT2D eigenvalue weighted by Crippen LogP contribution is 2.22. The Balaban J connectivity index is 1.67.